The molecule has 5 nitrogen and oxygen atoms in total. The molecule has 2 aromatic rings. The summed E-state index contributed by atoms with van der Waals surface area (Å²) in [6, 6.07) is 10.5. The first-order valence-electron chi connectivity index (χ1n) is 9.49. The lowest BCUT2D eigenvalue weighted by Gasteiger charge is -2.33. The van der Waals surface area contributed by atoms with E-state index in [4.69, 9.17) is 5.73 Å². The highest BCUT2D eigenvalue weighted by molar-refractivity contribution is 7.88. The zero-order valence-electron chi connectivity index (χ0n) is 16.5. The fraction of sp³-hybridized carbons (Fsp3) is 0.429. The molecule has 6 heteroatoms. The van der Waals surface area contributed by atoms with Crippen LogP contribution in [0.5, 0.6) is 0 Å². The third-order valence-electron chi connectivity index (χ3n) is 5.48. The van der Waals surface area contributed by atoms with Gasteiger partial charge in [-0.25, -0.2) is 13.1 Å². The Morgan fingerprint density at radius 3 is 2.48 bits per heavy atom. The first-order valence-corrected chi connectivity index (χ1v) is 11.4. The first kappa shape index (κ1) is 19.9. The average molecular weight is 388 g/mol. The number of hydrogen-bond acceptors (Lipinski definition) is 4. The van der Waals surface area contributed by atoms with Crippen LogP contribution in [-0.2, 0) is 10.0 Å². The lowest BCUT2D eigenvalue weighted by molar-refractivity contribution is 0.588. The number of nitrogens with one attached hydrogen (secondary N) is 1. The van der Waals surface area contributed by atoms with E-state index < -0.39 is 10.0 Å². The molecule has 0 radical (unpaired) electrons. The molecule has 146 valence electrons. The average Bonchev–Trinajstić information content (AvgIpc) is 2.63. The summed E-state index contributed by atoms with van der Waals surface area (Å²) in [7, 11) is -3.22. The van der Waals surface area contributed by atoms with E-state index in [1.165, 1.54) is 28.3 Å². The van der Waals surface area contributed by atoms with Gasteiger partial charge in [-0.1, -0.05) is 24.3 Å². The summed E-state index contributed by atoms with van der Waals surface area (Å²) in [5.74, 6) is 0. The summed E-state index contributed by atoms with van der Waals surface area (Å²) >= 11 is 0. The van der Waals surface area contributed by atoms with Crippen molar-refractivity contribution in [3.63, 3.8) is 0 Å². The van der Waals surface area contributed by atoms with E-state index in [0.29, 0.717) is 13.0 Å². The Balaban J connectivity index is 2.21. The number of anilines is 1. The van der Waals surface area contributed by atoms with Crippen LogP contribution >= 0.6 is 0 Å². The topological polar surface area (TPSA) is 75.4 Å². The van der Waals surface area contributed by atoms with E-state index in [1.54, 1.807) is 0 Å². The van der Waals surface area contributed by atoms with Crippen molar-refractivity contribution in [2.24, 2.45) is 5.73 Å². The highest BCUT2D eigenvalue weighted by atomic mass is 32.2. The summed E-state index contributed by atoms with van der Waals surface area (Å²) in [6.07, 6.45) is 1.81. The molecule has 2 aromatic carbocycles. The fourth-order valence-electron chi connectivity index (χ4n) is 4.09. The van der Waals surface area contributed by atoms with Crippen LogP contribution in [0.3, 0.4) is 0 Å². The summed E-state index contributed by atoms with van der Waals surface area (Å²) in [4.78, 5) is 2.35. The van der Waals surface area contributed by atoms with E-state index in [1.807, 2.05) is 0 Å². The first-order chi connectivity index (χ1) is 12.8. The van der Waals surface area contributed by atoms with E-state index in [-0.39, 0.29) is 6.04 Å². The third-order valence-corrected chi connectivity index (χ3v) is 6.21. The van der Waals surface area contributed by atoms with Crippen LogP contribution in [-0.4, -0.2) is 34.3 Å². The fourth-order valence-corrected chi connectivity index (χ4v) is 4.56. The largest absolute Gasteiger partial charge is 0.372 e. The Morgan fingerprint density at radius 2 is 1.85 bits per heavy atom. The van der Waals surface area contributed by atoms with E-state index in [2.05, 4.69) is 60.7 Å². The monoisotopic (exact) mass is 387 g/mol. The predicted molar refractivity (Wildman–Crippen MR) is 114 cm³/mol. The molecule has 0 heterocycles. The van der Waals surface area contributed by atoms with E-state index >= 15 is 0 Å². The second-order valence-electron chi connectivity index (χ2n) is 7.13. The van der Waals surface area contributed by atoms with Gasteiger partial charge in [0.2, 0.25) is 10.0 Å². The normalized spacial score (nSPS) is 16.9. The van der Waals surface area contributed by atoms with Gasteiger partial charge in [-0.15, -0.1) is 0 Å². The summed E-state index contributed by atoms with van der Waals surface area (Å²) in [5.41, 5.74) is 12.4. The van der Waals surface area contributed by atoms with Crippen LogP contribution < -0.4 is 15.4 Å². The predicted octanol–water partition coefficient (Wildman–Crippen LogP) is 3.41. The van der Waals surface area contributed by atoms with Crippen LogP contribution in [0.1, 0.15) is 44.4 Å². The molecule has 0 bridgehead atoms. The molecule has 27 heavy (non-hydrogen) atoms. The summed E-state index contributed by atoms with van der Waals surface area (Å²) in [6.45, 7) is 8.58. The SMILES string of the molecule is CCN(CC)c1ccc2cccc3c2c1C(CCNS(C)(=O)=O)=C(C)C3N. The van der Waals surface area contributed by atoms with E-state index in [0.717, 1.165) is 29.8 Å². The van der Waals surface area contributed by atoms with Gasteiger partial charge in [0.25, 0.3) is 0 Å². The molecule has 0 amide bonds. The highest BCUT2D eigenvalue weighted by Gasteiger charge is 2.27. The molecule has 1 aliphatic carbocycles. The Labute approximate surface area is 162 Å². The maximum absolute atomic E-state index is 11.5. The second kappa shape index (κ2) is 7.62. The van der Waals surface area contributed by atoms with Crippen molar-refractivity contribution >= 4 is 32.1 Å². The molecule has 0 saturated heterocycles. The van der Waals surface area contributed by atoms with Gasteiger partial charge in [-0.3, -0.25) is 0 Å². The molecule has 1 atom stereocenters. The van der Waals surface area contributed by atoms with Gasteiger partial charge in [-0.05, 0) is 60.7 Å². The van der Waals surface area contributed by atoms with Crippen molar-refractivity contribution in [1.29, 1.82) is 0 Å². The maximum Gasteiger partial charge on any atom is 0.208 e. The maximum atomic E-state index is 11.5. The Morgan fingerprint density at radius 1 is 1.15 bits per heavy atom. The van der Waals surface area contributed by atoms with Crippen LogP contribution in [0.25, 0.3) is 16.3 Å². The standard InChI is InChI=1S/C21H29N3O2S/c1-5-24(6-2)18-11-10-15-8-7-9-17-19(15)20(18)16(14(3)21(17)22)12-13-23-27(4,25)26/h7-11,21,23H,5-6,12-13,22H2,1-4H3. The number of nitrogens with zero attached hydrogens (tertiary/aromatic N) is 1. The van der Waals surface area contributed by atoms with Crippen LogP contribution in [0, 0.1) is 0 Å². The molecular weight excluding hydrogens is 358 g/mol. The van der Waals surface area contributed by atoms with Gasteiger partial charge in [0.05, 0.1) is 12.3 Å². The molecular formula is C21H29N3O2S. The zero-order chi connectivity index (χ0) is 19.8. The van der Waals surface area contributed by atoms with Crippen molar-refractivity contribution in [3.05, 3.63) is 47.0 Å². The quantitative estimate of drug-likeness (QED) is 0.763. The highest BCUT2D eigenvalue weighted by Crippen LogP contribution is 2.46. The van der Waals surface area contributed by atoms with Crippen LogP contribution in [0.4, 0.5) is 5.69 Å². The minimum Gasteiger partial charge on any atom is -0.372 e. The van der Waals surface area contributed by atoms with Gasteiger partial charge < -0.3 is 10.6 Å². The Hall–Kier alpha value is -1.89. The minimum atomic E-state index is -3.22. The number of hydrogen-bond donors (Lipinski definition) is 2. The Bertz CT molecular complexity index is 992. The van der Waals surface area contributed by atoms with Crippen molar-refractivity contribution < 1.29 is 8.42 Å². The molecule has 0 saturated carbocycles. The van der Waals surface area contributed by atoms with Crippen molar-refractivity contribution in [3.8, 4) is 0 Å². The lowest BCUT2D eigenvalue weighted by Crippen LogP contribution is -2.27. The Kier molecular flexibility index (Phi) is 5.60. The lowest BCUT2D eigenvalue weighted by atomic mass is 9.79. The molecule has 1 unspecified atom stereocenters. The molecule has 3 N–H and O–H groups in total. The smallest absolute Gasteiger partial charge is 0.208 e. The number of sulfonamides is 1. The molecule has 1 aliphatic rings. The van der Waals surface area contributed by atoms with Gasteiger partial charge >= 0.3 is 0 Å². The van der Waals surface area contributed by atoms with Crippen LogP contribution in [0.15, 0.2) is 35.9 Å². The van der Waals surface area contributed by atoms with Gasteiger partial charge in [0.1, 0.15) is 0 Å². The number of benzene rings is 2. The third kappa shape index (κ3) is 3.74. The van der Waals surface area contributed by atoms with Gasteiger partial charge in [0, 0.05) is 30.9 Å². The molecule has 0 spiro atoms. The van der Waals surface area contributed by atoms with Crippen LogP contribution in [0.2, 0.25) is 0 Å². The second-order valence-corrected chi connectivity index (χ2v) is 8.97. The van der Waals surface area contributed by atoms with Gasteiger partial charge in [-0.2, -0.15) is 0 Å². The molecule has 0 aromatic heterocycles. The summed E-state index contributed by atoms with van der Waals surface area (Å²) < 4.78 is 25.7. The molecule has 0 fully saturated rings. The minimum absolute atomic E-state index is 0.165. The molecule has 0 aliphatic heterocycles. The van der Waals surface area contributed by atoms with Crippen molar-refractivity contribution in [1.82, 2.24) is 4.72 Å². The molecule has 3 rings (SSSR count). The summed E-state index contributed by atoms with van der Waals surface area (Å²) in [5, 5.41) is 2.38. The number of rotatable bonds is 7. The van der Waals surface area contributed by atoms with Gasteiger partial charge in [0.15, 0.2) is 0 Å². The number of nitrogens with two attached hydrogens (primary N) is 1. The van der Waals surface area contributed by atoms with Crippen molar-refractivity contribution in [2.75, 3.05) is 30.8 Å². The van der Waals surface area contributed by atoms with Crippen molar-refractivity contribution in [2.45, 2.75) is 33.2 Å². The zero-order valence-corrected chi connectivity index (χ0v) is 17.4. The van der Waals surface area contributed by atoms with E-state index in [9.17, 15) is 8.42 Å².